The number of hydrogen-bond donors (Lipinski definition) is 1. The number of pyridine rings is 1. The van der Waals surface area contributed by atoms with Crippen LogP contribution in [0.4, 0.5) is 5.69 Å². The molecule has 4 heteroatoms. The Hall–Kier alpha value is -0.870. The molecule has 0 bridgehead atoms. The molecule has 1 heterocycles. The smallest absolute Gasteiger partial charge is 0.106 e. The van der Waals surface area contributed by atoms with Gasteiger partial charge in [0.15, 0.2) is 0 Å². The van der Waals surface area contributed by atoms with Gasteiger partial charge in [-0.2, -0.15) is 0 Å². The van der Waals surface area contributed by atoms with E-state index in [0.717, 1.165) is 27.0 Å². The van der Waals surface area contributed by atoms with Crippen molar-refractivity contribution in [3.63, 3.8) is 0 Å². The van der Waals surface area contributed by atoms with Gasteiger partial charge in [0.25, 0.3) is 0 Å². The number of halogens is 2. The lowest BCUT2D eigenvalue weighted by molar-refractivity contribution is 1.09. The second kappa shape index (κ2) is 5.65. The Balaban J connectivity index is 2.10. The first-order valence-corrected chi connectivity index (χ1v) is 6.86. The fourth-order valence-electron chi connectivity index (χ4n) is 1.55. The summed E-state index contributed by atoms with van der Waals surface area (Å²) < 4.78 is 1.98. The van der Waals surface area contributed by atoms with Crippen LogP contribution >= 0.6 is 31.9 Å². The van der Waals surface area contributed by atoms with E-state index in [1.807, 2.05) is 37.3 Å². The average Bonchev–Trinajstić information content (AvgIpc) is 2.30. The second-order valence-corrected chi connectivity index (χ2v) is 5.38. The van der Waals surface area contributed by atoms with Crippen molar-refractivity contribution in [2.75, 3.05) is 5.32 Å². The fraction of sp³-hybridized carbons (Fsp3) is 0.154. The molecule has 0 aliphatic rings. The summed E-state index contributed by atoms with van der Waals surface area (Å²) in [5.74, 6) is 0. The minimum Gasteiger partial charge on any atom is -0.379 e. The topological polar surface area (TPSA) is 24.9 Å². The highest BCUT2D eigenvalue weighted by Crippen LogP contribution is 2.20. The number of rotatable bonds is 3. The molecule has 0 aliphatic heterocycles. The van der Waals surface area contributed by atoms with Gasteiger partial charge in [0.1, 0.15) is 4.60 Å². The van der Waals surface area contributed by atoms with Gasteiger partial charge in [-0.15, -0.1) is 0 Å². The maximum Gasteiger partial charge on any atom is 0.106 e. The highest BCUT2D eigenvalue weighted by molar-refractivity contribution is 9.10. The van der Waals surface area contributed by atoms with Gasteiger partial charge in [0.05, 0.1) is 11.4 Å². The Kier molecular flexibility index (Phi) is 4.18. The predicted molar refractivity (Wildman–Crippen MR) is 78.1 cm³/mol. The van der Waals surface area contributed by atoms with E-state index in [4.69, 9.17) is 0 Å². The lowest BCUT2D eigenvalue weighted by Crippen LogP contribution is -2.02. The van der Waals surface area contributed by atoms with Crippen molar-refractivity contribution in [1.82, 2.24) is 4.98 Å². The third-order valence-electron chi connectivity index (χ3n) is 2.48. The zero-order valence-electron chi connectivity index (χ0n) is 9.37. The molecule has 17 heavy (non-hydrogen) atoms. The molecule has 0 spiro atoms. The third-order valence-corrected chi connectivity index (χ3v) is 3.69. The molecule has 0 unspecified atom stereocenters. The first-order chi connectivity index (χ1) is 8.16. The maximum absolute atomic E-state index is 4.35. The molecule has 0 aliphatic carbocycles. The molecule has 2 aromatic rings. The number of benzene rings is 1. The Morgan fingerprint density at radius 2 is 1.88 bits per heavy atom. The first-order valence-electron chi connectivity index (χ1n) is 5.27. The van der Waals surface area contributed by atoms with Gasteiger partial charge in [-0.25, -0.2) is 4.98 Å². The largest absolute Gasteiger partial charge is 0.379 e. The lowest BCUT2D eigenvalue weighted by atomic mass is 10.2. The van der Waals surface area contributed by atoms with E-state index in [1.165, 1.54) is 5.56 Å². The van der Waals surface area contributed by atoms with Crippen LogP contribution in [-0.2, 0) is 6.54 Å². The van der Waals surface area contributed by atoms with Crippen LogP contribution in [0.1, 0.15) is 11.3 Å². The molecule has 2 nitrogen and oxygen atoms in total. The molecular weight excluding hydrogens is 344 g/mol. The molecule has 88 valence electrons. The molecule has 0 radical (unpaired) electrons. The summed E-state index contributed by atoms with van der Waals surface area (Å²) in [6.07, 6.45) is 0. The van der Waals surface area contributed by atoms with Crippen LogP contribution in [0.25, 0.3) is 0 Å². The predicted octanol–water partition coefficient (Wildman–Crippen LogP) is 4.53. The van der Waals surface area contributed by atoms with Crippen LogP contribution in [0, 0.1) is 6.92 Å². The van der Waals surface area contributed by atoms with Crippen molar-refractivity contribution in [2.45, 2.75) is 13.5 Å². The summed E-state index contributed by atoms with van der Waals surface area (Å²) >= 11 is 6.89. The van der Waals surface area contributed by atoms with Crippen LogP contribution in [0.3, 0.4) is 0 Å². The molecular formula is C13H12Br2N2. The Morgan fingerprint density at radius 1 is 1.12 bits per heavy atom. The van der Waals surface area contributed by atoms with Gasteiger partial charge in [-0.3, -0.25) is 0 Å². The minimum absolute atomic E-state index is 0.783. The van der Waals surface area contributed by atoms with E-state index in [1.54, 1.807) is 0 Å². The SMILES string of the molecule is Cc1nc(Br)ccc1NCc1ccccc1Br. The zero-order valence-corrected chi connectivity index (χ0v) is 12.5. The van der Waals surface area contributed by atoms with Crippen molar-refractivity contribution < 1.29 is 0 Å². The Morgan fingerprint density at radius 3 is 2.59 bits per heavy atom. The van der Waals surface area contributed by atoms with Gasteiger partial charge in [0.2, 0.25) is 0 Å². The van der Waals surface area contributed by atoms with E-state index < -0.39 is 0 Å². The van der Waals surface area contributed by atoms with Gasteiger partial charge in [-0.1, -0.05) is 34.1 Å². The van der Waals surface area contributed by atoms with Crippen LogP contribution in [0.2, 0.25) is 0 Å². The molecule has 0 fully saturated rings. The summed E-state index contributed by atoms with van der Waals surface area (Å²) in [6, 6.07) is 12.2. The standard InChI is InChI=1S/C13H12Br2N2/c1-9-12(6-7-13(15)17-9)16-8-10-4-2-3-5-11(10)14/h2-7,16H,8H2,1H3. The number of hydrogen-bond acceptors (Lipinski definition) is 2. The van der Waals surface area contributed by atoms with Crippen LogP contribution in [-0.4, -0.2) is 4.98 Å². The molecule has 1 N–H and O–H groups in total. The summed E-state index contributed by atoms with van der Waals surface area (Å²) in [5, 5.41) is 3.38. The third kappa shape index (κ3) is 3.30. The van der Waals surface area contributed by atoms with Crippen molar-refractivity contribution in [2.24, 2.45) is 0 Å². The number of nitrogens with one attached hydrogen (secondary N) is 1. The molecule has 2 rings (SSSR count). The number of aromatic nitrogens is 1. The van der Waals surface area contributed by atoms with Gasteiger partial charge in [0, 0.05) is 11.0 Å². The number of anilines is 1. The Labute approximate surface area is 118 Å². The zero-order chi connectivity index (χ0) is 12.3. The van der Waals surface area contributed by atoms with E-state index in [2.05, 4.69) is 48.2 Å². The Bertz CT molecular complexity index is 527. The van der Waals surface area contributed by atoms with Crippen molar-refractivity contribution in [3.05, 3.63) is 56.7 Å². The van der Waals surface area contributed by atoms with E-state index in [0.29, 0.717) is 0 Å². The van der Waals surface area contributed by atoms with E-state index in [9.17, 15) is 0 Å². The average molecular weight is 356 g/mol. The lowest BCUT2D eigenvalue weighted by Gasteiger charge is -2.10. The highest BCUT2D eigenvalue weighted by atomic mass is 79.9. The maximum atomic E-state index is 4.35. The summed E-state index contributed by atoms with van der Waals surface area (Å²) in [4.78, 5) is 4.35. The van der Waals surface area contributed by atoms with Gasteiger partial charge < -0.3 is 5.32 Å². The second-order valence-electron chi connectivity index (χ2n) is 3.71. The van der Waals surface area contributed by atoms with Crippen LogP contribution < -0.4 is 5.32 Å². The monoisotopic (exact) mass is 354 g/mol. The van der Waals surface area contributed by atoms with Crippen molar-refractivity contribution in [3.8, 4) is 0 Å². The van der Waals surface area contributed by atoms with E-state index >= 15 is 0 Å². The number of nitrogens with zero attached hydrogens (tertiary/aromatic N) is 1. The fourth-order valence-corrected chi connectivity index (χ4v) is 2.37. The highest BCUT2D eigenvalue weighted by Gasteiger charge is 2.02. The van der Waals surface area contributed by atoms with Crippen LogP contribution in [0.5, 0.6) is 0 Å². The molecule has 0 saturated heterocycles. The summed E-state index contributed by atoms with van der Waals surface area (Å²) in [7, 11) is 0. The molecule has 1 aromatic carbocycles. The molecule has 0 atom stereocenters. The normalized spacial score (nSPS) is 10.3. The van der Waals surface area contributed by atoms with Crippen molar-refractivity contribution >= 4 is 37.5 Å². The van der Waals surface area contributed by atoms with E-state index in [-0.39, 0.29) is 0 Å². The quantitative estimate of drug-likeness (QED) is 0.818. The minimum atomic E-state index is 0.783. The van der Waals surface area contributed by atoms with Gasteiger partial charge in [-0.05, 0) is 46.6 Å². The number of aryl methyl sites for hydroxylation is 1. The summed E-state index contributed by atoms with van der Waals surface area (Å²) in [5.41, 5.74) is 3.28. The van der Waals surface area contributed by atoms with Crippen LogP contribution in [0.15, 0.2) is 45.5 Å². The van der Waals surface area contributed by atoms with Crippen molar-refractivity contribution in [1.29, 1.82) is 0 Å². The molecule has 0 amide bonds. The molecule has 1 aromatic heterocycles. The van der Waals surface area contributed by atoms with Gasteiger partial charge >= 0.3 is 0 Å². The first kappa shape index (κ1) is 12.6. The summed E-state index contributed by atoms with van der Waals surface area (Å²) in [6.45, 7) is 2.78. The molecule has 0 saturated carbocycles.